The molecule has 174 valence electrons. The van der Waals surface area contributed by atoms with Gasteiger partial charge in [0.15, 0.2) is 0 Å². The highest BCUT2D eigenvalue weighted by Gasteiger charge is 2.14. The summed E-state index contributed by atoms with van der Waals surface area (Å²) in [5, 5.41) is 12.4. The highest BCUT2D eigenvalue weighted by molar-refractivity contribution is 5.94. The number of aryl methyl sites for hydroxylation is 1. The minimum atomic E-state index is -0.637. The van der Waals surface area contributed by atoms with Crippen LogP contribution in [0, 0.1) is 5.41 Å². The van der Waals surface area contributed by atoms with Gasteiger partial charge in [-0.15, -0.1) is 0 Å². The molecule has 0 saturated carbocycles. The fraction of sp³-hybridized carbons (Fsp3) is 0.348. The Bertz CT molecular complexity index is 900. The van der Waals surface area contributed by atoms with E-state index >= 15 is 0 Å². The number of rotatable bonds is 9. The van der Waals surface area contributed by atoms with Crippen molar-refractivity contribution >= 4 is 17.6 Å². The molecule has 0 radical (unpaired) electrons. The Morgan fingerprint density at radius 3 is 2.25 bits per heavy atom. The number of hydrogen-bond donors (Lipinski definition) is 5. The molecule has 0 saturated heterocycles. The molecule has 1 unspecified atom stereocenters. The molecular weight excluding hydrogens is 410 g/mol. The average molecular weight is 444 g/mol. The third-order valence-electron chi connectivity index (χ3n) is 4.56. The highest BCUT2D eigenvalue weighted by Crippen LogP contribution is 2.24. The van der Waals surface area contributed by atoms with E-state index in [9.17, 15) is 9.59 Å². The smallest absolute Gasteiger partial charge is 0.242 e. The predicted octanol–water partition coefficient (Wildman–Crippen LogP) is 1.32. The number of carbonyl (C=O) groups excluding carboxylic acids is 2. The maximum absolute atomic E-state index is 11.7. The van der Waals surface area contributed by atoms with Crippen LogP contribution in [-0.4, -0.2) is 44.5 Å². The number of amides is 2. The summed E-state index contributed by atoms with van der Waals surface area (Å²) in [6.45, 7) is 3.87. The normalized spacial score (nSPS) is 10.8. The van der Waals surface area contributed by atoms with Crippen molar-refractivity contribution < 1.29 is 19.1 Å². The summed E-state index contributed by atoms with van der Waals surface area (Å²) >= 11 is 0. The number of carbonyl (C=O) groups is 2. The van der Waals surface area contributed by atoms with E-state index < -0.39 is 6.04 Å². The summed E-state index contributed by atoms with van der Waals surface area (Å²) < 4.78 is 10.3. The van der Waals surface area contributed by atoms with Crippen LogP contribution in [-0.2, 0) is 22.6 Å². The van der Waals surface area contributed by atoms with Gasteiger partial charge in [0.05, 0.1) is 20.8 Å². The van der Waals surface area contributed by atoms with E-state index in [1.807, 2.05) is 18.2 Å². The molecule has 0 fully saturated rings. The molecular formula is C23H33N5O4. The standard InChI is InChI=1S/C13H19N5O2.C10H14O2/c1-8(18-11(19)6-14)13(20)17-7-9-2-4-10(5-3-9)12(15)16;1-4-8-5-6-9(11-2)7-10(8)12-3/h2-5,8H,6-7,14H2,1H3,(H3,15,16)(H,17,20)(H,18,19);5-7H,4H2,1-3H3. The fourth-order valence-corrected chi connectivity index (χ4v) is 2.65. The number of nitrogen functional groups attached to an aromatic ring is 1. The van der Waals surface area contributed by atoms with Crippen molar-refractivity contribution in [3.05, 3.63) is 59.2 Å². The second-order valence-corrected chi connectivity index (χ2v) is 6.85. The highest BCUT2D eigenvalue weighted by atomic mass is 16.5. The lowest BCUT2D eigenvalue weighted by molar-refractivity contribution is -0.128. The fourth-order valence-electron chi connectivity index (χ4n) is 2.65. The molecule has 7 N–H and O–H groups in total. The van der Waals surface area contributed by atoms with Gasteiger partial charge in [-0.1, -0.05) is 37.3 Å². The maximum Gasteiger partial charge on any atom is 0.242 e. The zero-order valence-corrected chi connectivity index (χ0v) is 19.0. The molecule has 0 heterocycles. The quantitative estimate of drug-likeness (QED) is 0.291. The van der Waals surface area contributed by atoms with Gasteiger partial charge in [0.1, 0.15) is 23.4 Å². The van der Waals surface area contributed by atoms with Crippen molar-refractivity contribution in [3.8, 4) is 11.5 Å². The predicted molar refractivity (Wildman–Crippen MR) is 125 cm³/mol. The summed E-state index contributed by atoms with van der Waals surface area (Å²) in [5.41, 5.74) is 13.2. The van der Waals surface area contributed by atoms with E-state index in [1.54, 1.807) is 45.4 Å². The number of ether oxygens (including phenoxy) is 2. The van der Waals surface area contributed by atoms with Gasteiger partial charge in [-0.05, 0) is 30.5 Å². The lowest BCUT2D eigenvalue weighted by Gasteiger charge is -2.13. The van der Waals surface area contributed by atoms with Crippen molar-refractivity contribution in [1.82, 2.24) is 10.6 Å². The van der Waals surface area contributed by atoms with Crippen LogP contribution in [0.25, 0.3) is 0 Å². The number of methoxy groups -OCH3 is 2. The van der Waals surface area contributed by atoms with E-state index in [2.05, 4.69) is 17.6 Å². The van der Waals surface area contributed by atoms with Gasteiger partial charge >= 0.3 is 0 Å². The SMILES string of the molecule is CC(NC(=O)CN)C(=O)NCc1ccc(C(=N)N)cc1.CCc1ccc(OC)cc1OC. The van der Waals surface area contributed by atoms with Crippen molar-refractivity contribution in [2.75, 3.05) is 20.8 Å². The van der Waals surface area contributed by atoms with E-state index in [4.69, 9.17) is 26.4 Å². The van der Waals surface area contributed by atoms with Gasteiger partial charge in [-0.25, -0.2) is 0 Å². The van der Waals surface area contributed by atoms with Gasteiger partial charge in [0.25, 0.3) is 0 Å². The third-order valence-corrected chi connectivity index (χ3v) is 4.56. The number of hydrogen-bond acceptors (Lipinski definition) is 6. The molecule has 0 aromatic heterocycles. The molecule has 0 aliphatic heterocycles. The molecule has 9 heteroatoms. The van der Waals surface area contributed by atoms with Crippen LogP contribution in [0.1, 0.15) is 30.5 Å². The second kappa shape index (κ2) is 13.7. The first kappa shape index (κ1) is 26.4. The number of benzene rings is 2. The monoisotopic (exact) mass is 443 g/mol. The Morgan fingerprint density at radius 1 is 1.09 bits per heavy atom. The number of nitrogens with one attached hydrogen (secondary N) is 3. The zero-order chi connectivity index (χ0) is 24.1. The summed E-state index contributed by atoms with van der Waals surface area (Å²) in [6, 6.07) is 12.2. The Labute approximate surface area is 189 Å². The van der Waals surface area contributed by atoms with E-state index in [0.29, 0.717) is 12.1 Å². The Hall–Kier alpha value is -3.59. The Balaban J connectivity index is 0.000000363. The van der Waals surface area contributed by atoms with Gasteiger partial charge in [0, 0.05) is 18.2 Å². The lowest BCUT2D eigenvalue weighted by atomic mass is 10.1. The second-order valence-electron chi connectivity index (χ2n) is 6.85. The van der Waals surface area contributed by atoms with Crippen LogP contribution >= 0.6 is 0 Å². The Morgan fingerprint density at radius 2 is 1.75 bits per heavy atom. The molecule has 2 aromatic rings. The van der Waals surface area contributed by atoms with Crippen LogP contribution in [0.3, 0.4) is 0 Å². The topological polar surface area (TPSA) is 153 Å². The molecule has 2 amide bonds. The van der Waals surface area contributed by atoms with Gasteiger partial charge in [-0.3, -0.25) is 15.0 Å². The first-order valence-electron chi connectivity index (χ1n) is 10.2. The lowest BCUT2D eigenvalue weighted by Crippen LogP contribution is -2.46. The number of nitrogens with two attached hydrogens (primary N) is 2. The first-order valence-corrected chi connectivity index (χ1v) is 10.2. The summed E-state index contributed by atoms with van der Waals surface area (Å²) in [4.78, 5) is 22.8. The van der Waals surface area contributed by atoms with Gasteiger partial charge in [-0.2, -0.15) is 0 Å². The van der Waals surface area contributed by atoms with Gasteiger partial charge in [0.2, 0.25) is 11.8 Å². The first-order chi connectivity index (χ1) is 15.2. The number of amidine groups is 1. The maximum atomic E-state index is 11.7. The van der Waals surface area contributed by atoms with Crippen LogP contribution in [0.2, 0.25) is 0 Å². The molecule has 0 bridgehead atoms. The summed E-state index contributed by atoms with van der Waals surface area (Å²) in [6.07, 6.45) is 0.979. The van der Waals surface area contributed by atoms with Crippen molar-refractivity contribution in [2.24, 2.45) is 11.5 Å². The Kier molecular flexibility index (Phi) is 11.3. The van der Waals surface area contributed by atoms with Crippen LogP contribution in [0.5, 0.6) is 11.5 Å². The van der Waals surface area contributed by atoms with Crippen LogP contribution in [0.4, 0.5) is 0 Å². The van der Waals surface area contributed by atoms with Crippen molar-refractivity contribution in [3.63, 3.8) is 0 Å². The van der Waals surface area contributed by atoms with Crippen LogP contribution < -0.4 is 31.6 Å². The van der Waals surface area contributed by atoms with E-state index in [0.717, 1.165) is 23.5 Å². The molecule has 0 aliphatic carbocycles. The molecule has 1 atom stereocenters. The molecule has 9 nitrogen and oxygen atoms in total. The molecule has 0 spiro atoms. The molecule has 2 aromatic carbocycles. The minimum Gasteiger partial charge on any atom is -0.497 e. The average Bonchev–Trinajstić information content (AvgIpc) is 2.82. The summed E-state index contributed by atoms with van der Waals surface area (Å²) in [5.74, 6) is 1.07. The molecule has 32 heavy (non-hydrogen) atoms. The van der Waals surface area contributed by atoms with Crippen molar-refractivity contribution in [2.45, 2.75) is 32.9 Å². The van der Waals surface area contributed by atoms with E-state index in [1.165, 1.54) is 5.56 Å². The molecule has 2 rings (SSSR count). The largest absolute Gasteiger partial charge is 0.497 e. The van der Waals surface area contributed by atoms with E-state index in [-0.39, 0.29) is 24.2 Å². The minimum absolute atomic E-state index is 0.00120. The molecule has 0 aliphatic rings. The van der Waals surface area contributed by atoms with Gasteiger partial charge < -0.3 is 31.6 Å². The third kappa shape index (κ3) is 8.65. The summed E-state index contributed by atoms with van der Waals surface area (Å²) in [7, 11) is 3.33. The zero-order valence-electron chi connectivity index (χ0n) is 19.0. The van der Waals surface area contributed by atoms with Crippen molar-refractivity contribution in [1.29, 1.82) is 5.41 Å². The van der Waals surface area contributed by atoms with Crippen LogP contribution in [0.15, 0.2) is 42.5 Å².